The Morgan fingerprint density at radius 3 is 2.74 bits per heavy atom. The third-order valence-electron chi connectivity index (χ3n) is 4.23. The van der Waals surface area contributed by atoms with E-state index in [1.165, 1.54) is 24.6 Å². The number of ether oxygens (including phenoxy) is 1. The van der Waals surface area contributed by atoms with Crippen molar-refractivity contribution in [3.63, 3.8) is 0 Å². The van der Waals surface area contributed by atoms with Gasteiger partial charge in [-0.15, -0.1) is 11.8 Å². The highest BCUT2D eigenvalue weighted by molar-refractivity contribution is 7.99. The monoisotopic (exact) mass is 338 g/mol. The smallest absolute Gasteiger partial charge is 0.232 e. The number of nitrogens with zero attached hydrogens (tertiary/aromatic N) is 4. The van der Waals surface area contributed by atoms with Crippen LogP contribution in [-0.4, -0.2) is 56.8 Å². The molecule has 0 radical (unpaired) electrons. The minimum Gasteiger partial charge on any atom is -0.374 e. The van der Waals surface area contributed by atoms with Gasteiger partial charge in [0.15, 0.2) is 0 Å². The summed E-state index contributed by atoms with van der Waals surface area (Å²) < 4.78 is 5.81. The molecule has 0 bridgehead atoms. The summed E-state index contributed by atoms with van der Waals surface area (Å²) >= 11 is 1.47. The van der Waals surface area contributed by atoms with Crippen LogP contribution in [0.4, 0.5) is 11.9 Å². The molecular weight excluding hydrogens is 316 g/mol. The van der Waals surface area contributed by atoms with Crippen LogP contribution in [0.25, 0.3) is 0 Å². The average molecular weight is 338 g/mol. The number of fused-ring (bicyclic) bond motifs is 1. The van der Waals surface area contributed by atoms with Gasteiger partial charge in [0.25, 0.3) is 0 Å². The molecule has 1 aliphatic heterocycles. The maximum Gasteiger partial charge on any atom is 0.232 e. The molecule has 8 nitrogen and oxygen atoms in total. The lowest BCUT2D eigenvalue weighted by molar-refractivity contribution is -0.146. The van der Waals surface area contributed by atoms with Crippen LogP contribution in [-0.2, 0) is 15.3 Å². The zero-order valence-electron chi connectivity index (χ0n) is 13.0. The SMILES string of the molecule is Nc1nc(N)nc(CSCC(=O)N2CCOC3CCCCC32)n1. The first-order chi connectivity index (χ1) is 11.1. The fourth-order valence-electron chi connectivity index (χ4n) is 3.24. The second kappa shape index (κ2) is 7.31. The number of nitrogen functional groups attached to an aromatic ring is 2. The molecule has 2 fully saturated rings. The van der Waals surface area contributed by atoms with E-state index in [0.29, 0.717) is 30.5 Å². The van der Waals surface area contributed by atoms with Gasteiger partial charge in [-0.2, -0.15) is 15.0 Å². The number of hydrogen-bond acceptors (Lipinski definition) is 8. The molecule has 1 aromatic heterocycles. The van der Waals surface area contributed by atoms with E-state index >= 15 is 0 Å². The van der Waals surface area contributed by atoms with Crippen LogP contribution in [0.15, 0.2) is 0 Å². The Labute approximate surface area is 139 Å². The van der Waals surface area contributed by atoms with E-state index in [-0.39, 0.29) is 29.9 Å². The molecule has 4 N–H and O–H groups in total. The molecule has 2 unspecified atom stereocenters. The van der Waals surface area contributed by atoms with Crippen LogP contribution in [0, 0.1) is 0 Å². The number of amides is 1. The maximum absolute atomic E-state index is 12.5. The van der Waals surface area contributed by atoms with Crippen molar-refractivity contribution >= 4 is 29.6 Å². The molecule has 1 saturated heterocycles. The molecule has 23 heavy (non-hydrogen) atoms. The number of anilines is 2. The third kappa shape index (κ3) is 4.03. The number of rotatable bonds is 4. The van der Waals surface area contributed by atoms with E-state index in [1.807, 2.05) is 4.90 Å². The number of hydrogen-bond donors (Lipinski definition) is 2. The Kier molecular flexibility index (Phi) is 5.16. The molecule has 0 aromatic carbocycles. The Morgan fingerprint density at radius 1 is 1.22 bits per heavy atom. The van der Waals surface area contributed by atoms with Gasteiger partial charge in [-0.25, -0.2) is 0 Å². The summed E-state index contributed by atoms with van der Waals surface area (Å²) in [5, 5.41) is 0. The first-order valence-electron chi connectivity index (χ1n) is 7.88. The minimum atomic E-state index is 0.109. The molecule has 2 aliphatic rings. The molecule has 2 atom stereocenters. The third-order valence-corrected chi connectivity index (χ3v) is 5.14. The predicted molar refractivity (Wildman–Crippen MR) is 88.5 cm³/mol. The second-order valence-electron chi connectivity index (χ2n) is 5.81. The van der Waals surface area contributed by atoms with Crippen LogP contribution in [0.2, 0.25) is 0 Å². The largest absolute Gasteiger partial charge is 0.374 e. The topological polar surface area (TPSA) is 120 Å². The molecule has 1 aromatic rings. The van der Waals surface area contributed by atoms with Gasteiger partial charge in [0.2, 0.25) is 17.8 Å². The van der Waals surface area contributed by atoms with Gasteiger partial charge in [0, 0.05) is 6.54 Å². The predicted octanol–water partition coefficient (Wildman–Crippen LogP) is 0.439. The number of thioether (sulfide) groups is 1. The number of morpholine rings is 1. The summed E-state index contributed by atoms with van der Waals surface area (Å²) in [6.07, 6.45) is 4.69. The van der Waals surface area contributed by atoms with Crippen molar-refractivity contribution in [3.05, 3.63) is 5.82 Å². The van der Waals surface area contributed by atoms with Gasteiger partial charge < -0.3 is 21.1 Å². The van der Waals surface area contributed by atoms with Gasteiger partial charge in [-0.3, -0.25) is 4.79 Å². The van der Waals surface area contributed by atoms with Crippen molar-refractivity contribution in [1.29, 1.82) is 0 Å². The Hall–Kier alpha value is -1.61. The summed E-state index contributed by atoms with van der Waals surface area (Å²) in [7, 11) is 0. The van der Waals surface area contributed by atoms with Gasteiger partial charge in [0.05, 0.1) is 30.3 Å². The maximum atomic E-state index is 12.5. The molecule has 2 heterocycles. The van der Waals surface area contributed by atoms with Crippen molar-refractivity contribution in [1.82, 2.24) is 19.9 Å². The minimum absolute atomic E-state index is 0.109. The number of carbonyl (C=O) groups excluding carboxylic acids is 1. The highest BCUT2D eigenvalue weighted by atomic mass is 32.2. The van der Waals surface area contributed by atoms with E-state index in [9.17, 15) is 4.79 Å². The van der Waals surface area contributed by atoms with Gasteiger partial charge in [-0.05, 0) is 12.8 Å². The van der Waals surface area contributed by atoms with Crippen molar-refractivity contribution < 1.29 is 9.53 Å². The summed E-state index contributed by atoms with van der Waals surface area (Å²) in [6, 6.07) is 0.245. The van der Waals surface area contributed by atoms with E-state index < -0.39 is 0 Å². The molecule has 9 heteroatoms. The van der Waals surface area contributed by atoms with Crippen molar-refractivity contribution in [2.45, 2.75) is 43.6 Å². The highest BCUT2D eigenvalue weighted by Crippen LogP contribution is 2.29. The van der Waals surface area contributed by atoms with Crippen molar-refractivity contribution in [2.75, 3.05) is 30.4 Å². The van der Waals surface area contributed by atoms with Crippen molar-refractivity contribution in [3.8, 4) is 0 Å². The molecule has 3 rings (SSSR count). The van der Waals surface area contributed by atoms with Gasteiger partial charge >= 0.3 is 0 Å². The Bertz CT molecular complexity index is 550. The fourth-order valence-corrected chi connectivity index (χ4v) is 3.99. The molecule has 126 valence electrons. The van der Waals surface area contributed by atoms with Gasteiger partial charge in [-0.1, -0.05) is 12.8 Å². The molecule has 1 saturated carbocycles. The van der Waals surface area contributed by atoms with Crippen LogP contribution >= 0.6 is 11.8 Å². The normalized spacial score (nSPS) is 24.3. The van der Waals surface area contributed by atoms with E-state index in [4.69, 9.17) is 16.2 Å². The van der Waals surface area contributed by atoms with Crippen LogP contribution in [0.3, 0.4) is 0 Å². The number of nitrogens with two attached hydrogens (primary N) is 2. The summed E-state index contributed by atoms with van der Waals surface area (Å²) in [5.74, 6) is 1.77. The van der Waals surface area contributed by atoms with Gasteiger partial charge in [0.1, 0.15) is 5.82 Å². The van der Waals surface area contributed by atoms with Crippen molar-refractivity contribution in [2.24, 2.45) is 0 Å². The number of aromatic nitrogens is 3. The van der Waals surface area contributed by atoms with E-state index in [2.05, 4.69) is 15.0 Å². The lowest BCUT2D eigenvalue weighted by Crippen LogP contribution is -2.55. The van der Waals surface area contributed by atoms with E-state index in [0.717, 1.165) is 12.8 Å². The Balaban J connectivity index is 1.52. The summed E-state index contributed by atoms with van der Waals surface area (Å²) in [6.45, 7) is 1.32. The van der Waals surface area contributed by atoms with Crippen LogP contribution < -0.4 is 11.5 Å². The first kappa shape index (κ1) is 16.3. The second-order valence-corrected chi connectivity index (χ2v) is 6.79. The highest BCUT2D eigenvalue weighted by Gasteiger charge is 2.36. The molecular formula is C14H22N6O2S. The summed E-state index contributed by atoms with van der Waals surface area (Å²) in [5.41, 5.74) is 11.1. The molecule has 1 amide bonds. The lowest BCUT2D eigenvalue weighted by Gasteiger charge is -2.43. The zero-order chi connectivity index (χ0) is 16.2. The lowest BCUT2D eigenvalue weighted by atomic mass is 9.90. The quantitative estimate of drug-likeness (QED) is 0.811. The fraction of sp³-hybridized carbons (Fsp3) is 0.714. The Morgan fingerprint density at radius 2 is 1.96 bits per heavy atom. The average Bonchev–Trinajstić information content (AvgIpc) is 2.53. The zero-order valence-corrected chi connectivity index (χ0v) is 13.8. The molecule has 0 spiro atoms. The van der Waals surface area contributed by atoms with Crippen LogP contribution in [0.1, 0.15) is 31.5 Å². The van der Waals surface area contributed by atoms with Crippen LogP contribution in [0.5, 0.6) is 0 Å². The first-order valence-corrected chi connectivity index (χ1v) is 9.03. The standard InChI is InChI=1S/C14H22N6O2S/c15-13-17-11(18-14(16)19-13)7-23-8-12(21)20-5-6-22-10-4-2-1-3-9(10)20/h9-10H,1-8H2,(H4,15,16,17,18,19). The van der Waals surface area contributed by atoms with E-state index in [1.54, 1.807) is 0 Å². The number of carbonyl (C=O) groups is 1. The molecule has 1 aliphatic carbocycles. The summed E-state index contributed by atoms with van der Waals surface area (Å²) in [4.78, 5) is 26.3.